The van der Waals surface area contributed by atoms with Crippen LogP contribution in [0.5, 0.6) is 0 Å². The first kappa shape index (κ1) is 17.9. The van der Waals surface area contributed by atoms with E-state index < -0.39 is 0 Å². The number of aryl methyl sites for hydroxylation is 1. The monoisotopic (exact) mass is 382 g/mol. The van der Waals surface area contributed by atoms with Crippen molar-refractivity contribution in [2.24, 2.45) is 0 Å². The van der Waals surface area contributed by atoms with Crippen LogP contribution < -0.4 is 9.80 Å². The molecule has 0 bridgehead atoms. The van der Waals surface area contributed by atoms with E-state index in [0.29, 0.717) is 10.9 Å². The summed E-state index contributed by atoms with van der Waals surface area (Å²) in [5.74, 6) is 3.22. The van der Waals surface area contributed by atoms with Gasteiger partial charge < -0.3 is 9.80 Å². The largest absolute Gasteiger partial charge is 0.353 e. The minimum absolute atomic E-state index is 0.323. The van der Waals surface area contributed by atoms with Crippen molar-refractivity contribution in [1.82, 2.24) is 19.9 Å². The molecule has 1 aromatic carbocycles. The van der Waals surface area contributed by atoms with E-state index >= 15 is 0 Å². The average molecular weight is 383 g/mol. The van der Waals surface area contributed by atoms with Crippen molar-refractivity contribution in [3.8, 4) is 0 Å². The third-order valence-electron chi connectivity index (χ3n) is 4.86. The first-order valence-corrected chi connectivity index (χ1v) is 9.65. The summed E-state index contributed by atoms with van der Waals surface area (Å²) >= 11 is 6.10. The normalized spacial score (nSPS) is 15.0. The van der Waals surface area contributed by atoms with E-state index in [4.69, 9.17) is 16.6 Å². The van der Waals surface area contributed by atoms with E-state index in [2.05, 4.69) is 44.7 Å². The van der Waals surface area contributed by atoms with Crippen molar-refractivity contribution in [2.45, 2.75) is 26.7 Å². The van der Waals surface area contributed by atoms with Crippen LogP contribution in [0.15, 0.2) is 30.6 Å². The molecule has 3 aromatic rings. The molecule has 0 N–H and O–H groups in total. The van der Waals surface area contributed by atoms with Crippen molar-refractivity contribution >= 4 is 34.1 Å². The van der Waals surface area contributed by atoms with Gasteiger partial charge >= 0.3 is 0 Å². The molecule has 3 heterocycles. The molecule has 6 nitrogen and oxygen atoms in total. The Hall–Kier alpha value is -2.47. The lowest BCUT2D eigenvalue weighted by atomic mass is 10.2. The molecule has 4 rings (SSSR count). The van der Waals surface area contributed by atoms with E-state index in [0.717, 1.165) is 60.2 Å². The molecule has 1 aliphatic rings. The fourth-order valence-corrected chi connectivity index (χ4v) is 3.58. The minimum Gasteiger partial charge on any atom is -0.353 e. The number of nitrogens with zero attached hydrogens (tertiary/aromatic N) is 6. The first-order valence-electron chi connectivity index (χ1n) is 9.27. The van der Waals surface area contributed by atoms with Crippen LogP contribution in [0.1, 0.15) is 31.3 Å². The van der Waals surface area contributed by atoms with Crippen LogP contribution in [0.4, 0.5) is 11.6 Å². The number of halogens is 1. The van der Waals surface area contributed by atoms with Gasteiger partial charge in [0.25, 0.3) is 0 Å². The molecule has 0 radical (unpaired) electrons. The van der Waals surface area contributed by atoms with Gasteiger partial charge in [-0.05, 0) is 25.1 Å². The Morgan fingerprint density at radius 2 is 1.70 bits per heavy atom. The number of hydrogen-bond acceptors (Lipinski definition) is 6. The van der Waals surface area contributed by atoms with Gasteiger partial charge in [-0.1, -0.05) is 25.4 Å². The quantitative estimate of drug-likeness (QED) is 0.686. The van der Waals surface area contributed by atoms with E-state index in [1.807, 2.05) is 25.1 Å². The van der Waals surface area contributed by atoms with Gasteiger partial charge in [0.05, 0.1) is 5.52 Å². The van der Waals surface area contributed by atoms with Gasteiger partial charge in [-0.2, -0.15) is 0 Å². The molecule has 0 aliphatic carbocycles. The molecule has 1 saturated heterocycles. The van der Waals surface area contributed by atoms with Crippen molar-refractivity contribution in [3.63, 3.8) is 0 Å². The smallest absolute Gasteiger partial charge is 0.140 e. The summed E-state index contributed by atoms with van der Waals surface area (Å²) in [6.07, 6.45) is 1.61. The fourth-order valence-electron chi connectivity index (χ4n) is 3.41. The van der Waals surface area contributed by atoms with Gasteiger partial charge in [-0.3, -0.25) is 0 Å². The van der Waals surface area contributed by atoms with Gasteiger partial charge in [0.1, 0.15) is 23.8 Å². The minimum atomic E-state index is 0.323. The second kappa shape index (κ2) is 7.27. The van der Waals surface area contributed by atoms with E-state index in [-0.39, 0.29) is 0 Å². The third kappa shape index (κ3) is 3.67. The number of rotatable bonds is 3. The van der Waals surface area contributed by atoms with Gasteiger partial charge in [-0.25, -0.2) is 19.9 Å². The number of piperazine rings is 1. The lowest BCUT2D eigenvalue weighted by Crippen LogP contribution is -2.47. The Kier molecular flexibility index (Phi) is 4.83. The Bertz CT molecular complexity index is 966. The molecule has 7 heteroatoms. The second-order valence-electron chi connectivity index (χ2n) is 7.21. The van der Waals surface area contributed by atoms with Crippen LogP contribution in [0.2, 0.25) is 5.02 Å². The summed E-state index contributed by atoms with van der Waals surface area (Å²) in [5.41, 5.74) is 1.90. The zero-order chi connectivity index (χ0) is 19.0. The predicted octanol–water partition coefficient (Wildman–Crippen LogP) is 3.83. The zero-order valence-electron chi connectivity index (χ0n) is 15.9. The summed E-state index contributed by atoms with van der Waals surface area (Å²) < 4.78 is 0. The van der Waals surface area contributed by atoms with Crippen molar-refractivity contribution < 1.29 is 0 Å². The summed E-state index contributed by atoms with van der Waals surface area (Å²) in [5, 5.41) is 1.73. The van der Waals surface area contributed by atoms with Crippen LogP contribution in [0, 0.1) is 6.92 Å². The molecule has 27 heavy (non-hydrogen) atoms. The van der Waals surface area contributed by atoms with E-state index in [1.165, 1.54) is 0 Å². The molecule has 0 saturated carbocycles. The van der Waals surface area contributed by atoms with Crippen LogP contribution in [-0.4, -0.2) is 46.1 Å². The second-order valence-corrected chi connectivity index (χ2v) is 7.65. The van der Waals surface area contributed by atoms with Crippen LogP contribution in [0.25, 0.3) is 10.9 Å². The molecule has 1 aliphatic heterocycles. The molecular weight excluding hydrogens is 360 g/mol. The topological polar surface area (TPSA) is 58.0 Å². The van der Waals surface area contributed by atoms with E-state index in [9.17, 15) is 0 Å². The van der Waals surface area contributed by atoms with Crippen molar-refractivity contribution in [2.75, 3.05) is 36.0 Å². The standard InChI is InChI=1S/C20H23ClN6/c1-13(2)19-24-14(3)10-18(25-19)26-6-8-27(9-7-26)20-16-5-4-15(21)11-17(16)22-12-23-20/h4-5,10-13H,6-9H2,1-3H3. The number of aromatic nitrogens is 4. The average Bonchev–Trinajstić information content (AvgIpc) is 2.67. The van der Waals surface area contributed by atoms with E-state index in [1.54, 1.807) is 6.33 Å². The fraction of sp³-hybridized carbons (Fsp3) is 0.400. The number of fused-ring (bicyclic) bond motifs is 1. The van der Waals surface area contributed by atoms with Crippen molar-refractivity contribution in [1.29, 1.82) is 0 Å². The Balaban J connectivity index is 1.55. The Morgan fingerprint density at radius 1 is 0.963 bits per heavy atom. The van der Waals surface area contributed by atoms with Crippen LogP contribution in [-0.2, 0) is 0 Å². The molecule has 0 atom stereocenters. The summed E-state index contributed by atoms with van der Waals surface area (Å²) in [7, 11) is 0. The van der Waals surface area contributed by atoms with Crippen LogP contribution >= 0.6 is 11.6 Å². The summed E-state index contributed by atoms with van der Waals surface area (Å²) in [4.78, 5) is 22.9. The molecule has 0 unspecified atom stereocenters. The third-order valence-corrected chi connectivity index (χ3v) is 5.09. The summed E-state index contributed by atoms with van der Waals surface area (Å²) in [6, 6.07) is 7.85. The van der Waals surface area contributed by atoms with Crippen molar-refractivity contribution in [3.05, 3.63) is 47.1 Å². The lowest BCUT2D eigenvalue weighted by Gasteiger charge is -2.36. The highest BCUT2D eigenvalue weighted by atomic mass is 35.5. The highest BCUT2D eigenvalue weighted by molar-refractivity contribution is 6.31. The van der Waals surface area contributed by atoms with Gasteiger partial charge in [0.15, 0.2) is 0 Å². The number of hydrogen-bond donors (Lipinski definition) is 0. The lowest BCUT2D eigenvalue weighted by molar-refractivity contribution is 0.637. The van der Waals surface area contributed by atoms with Gasteiger partial charge in [0, 0.05) is 54.3 Å². The van der Waals surface area contributed by atoms with Crippen LogP contribution in [0.3, 0.4) is 0 Å². The molecule has 0 spiro atoms. The predicted molar refractivity (Wildman–Crippen MR) is 110 cm³/mol. The molecular formula is C20H23ClN6. The number of anilines is 2. The van der Waals surface area contributed by atoms with Gasteiger partial charge in [0.2, 0.25) is 0 Å². The molecule has 0 amide bonds. The first-order chi connectivity index (χ1) is 13.0. The highest BCUT2D eigenvalue weighted by Gasteiger charge is 2.22. The zero-order valence-corrected chi connectivity index (χ0v) is 16.6. The molecule has 1 fully saturated rings. The Morgan fingerprint density at radius 3 is 2.44 bits per heavy atom. The maximum Gasteiger partial charge on any atom is 0.140 e. The molecule has 140 valence electrons. The van der Waals surface area contributed by atoms with Gasteiger partial charge in [-0.15, -0.1) is 0 Å². The SMILES string of the molecule is Cc1cc(N2CCN(c3ncnc4cc(Cl)ccc34)CC2)nc(C(C)C)n1. The highest BCUT2D eigenvalue weighted by Crippen LogP contribution is 2.27. The summed E-state index contributed by atoms with van der Waals surface area (Å²) in [6.45, 7) is 9.85. The number of benzene rings is 1. The maximum absolute atomic E-state index is 6.10. The Labute approximate surface area is 164 Å². The maximum atomic E-state index is 6.10. The molecule has 2 aromatic heterocycles.